The van der Waals surface area contributed by atoms with Crippen LogP contribution >= 0.6 is 0 Å². The van der Waals surface area contributed by atoms with E-state index >= 15 is 0 Å². The van der Waals surface area contributed by atoms with Gasteiger partial charge in [0.1, 0.15) is 57.8 Å². The summed E-state index contributed by atoms with van der Waals surface area (Å²) in [5.41, 5.74) is 22.5. The van der Waals surface area contributed by atoms with Gasteiger partial charge in [0, 0.05) is 205 Å². The minimum atomic E-state index is -0.563. The number of fused-ring (bicyclic) bond motifs is 5. The van der Waals surface area contributed by atoms with Crippen LogP contribution in [-0.2, 0) is 80.4 Å². The van der Waals surface area contributed by atoms with Crippen molar-refractivity contribution in [3.8, 4) is 0 Å². The Morgan fingerprint density at radius 1 is 0.221 bits per heavy atom. The van der Waals surface area contributed by atoms with Gasteiger partial charge in [-0.1, -0.05) is 170 Å². The van der Waals surface area contributed by atoms with Gasteiger partial charge in [0.05, 0.1) is 125 Å². The smallest absolute Gasteiger partial charge is 0.231 e. The second kappa shape index (κ2) is 34.1. The first-order chi connectivity index (χ1) is 70.7. The van der Waals surface area contributed by atoms with Crippen LogP contribution in [0.3, 0.4) is 0 Å². The quantitative estimate of drug-likeness (QED) is 0.0693. The number of H-pyrrole nitrogens is 5. The average Bonchev–Trinajstić information content (AvgIpc) is 1.59. The van der Waals surface area contributed by atoms with Crippen molar-refractivity contribution in [2.24, 2.45) is 0 Å². The van der Waals surface area contributed by atoms with Crippen molar-refractivity contribution in [1.82, 2.24) is 47.8 Å². The van der Waals surface area contributed by atoms with Gasteiger partial charge >= 0.3 is 0 Å². The second-order valence-electron chi connectivity index (χ2n) is 40.2. The summed E-state index contributed by atoms with van der Waals surface area (Å²) in [4.78, 5) is 196. The Labute approximate surface area is 825 Å². The van der Waals surface area contributed by atoms with Crippen LogP contribution in [0.2, 0.25) is 0 Å². The molecule has 25 nitrogen and oxygen atoms in total. The highest BCUT2D eigenvalue weighted by Gasteiger charge is 2.52. The first-order valence-electron chi connectivity index (χ1n) is 49.7. The molecule has 25 heteroatoms. The number of para-hydroxylation sites is 10. The Morgan fingerprint density at radius 2 is 0.469 bits per heavy atom. The Kier molecular flexibility index (Phi) is 20.7. The molecular formula is C120H92N10O15. The summed E-state index contributed by atoms with van der Waals surface area (Å²) in [6, 6.07) is 68.5. The van der Waals surface area contributed by atoms with Gasteiger partial charge in [-0.15, -0.1) is 0 Å². The van der Waals surface area contributed by atoms with E-state index in [0.717, 1.165) is 181 Å². The molecule has 0 radical (unpaired) electrons. The van der Waals surface area contributed by atoms with E-state index in [1.54, 1.807) is 21.5 Å². The summed E-state index contributed by atoms with van der Waals surface area (Å²) in [5, 5.41) is 19.9. The van der Waals surface area contributed by atoms with Crippen molar-refractivity contribution < 1.29 is 72.2 Å². The molecule has 10 aliphatic rings. The highest BCUT2D eigenvalue weighted by Crippen LogP contribution is 2.55. The van der Waals surface area contributed by atoms with Gasteiger partial charge in [0.25, 0.3) is 0 Å². The minimum absolute atomic E-state index is 0.0169. The molecule has 712 valence electrons. The molecule has 0 bridgehead atoms. The standard InChI is InChI=1S/2C24H18N2O3.C24H20N2O3.2C24H18N2O3/c2*27-19-10-20(28)23(22(19)16-11-25-18-7-2-1-5-14(16)18)17-12-26-21(29)9-8-13-4-3-6-15(17)24(13)26;3*27-19-8-9-26-12-17(14-5-3-6-15(19)24(14)26)23-21(29)10-20(28)22(23)16-11-25-18-7-2-1-4-13(16)18/h2*1-7,11-12,22-23,25H,8-10H2;1-7,11-12,19,22-23,25,27H,8-10H2;2*1-7,11-12,22-23,25H,8-10H2/t2*22-,23-;19-,22-,23-;2*22-,23-/m10010/s1. The molecular weight excluding hydrogens is 1820 g/mol. The number of aromatic nitrogens is 10. The maximum absolute atomic E-state index is 13.0. The number of aromatic amines is 5. The van der Waals surface area contributed by atoms with Gasteiger partial charge in [0.15, 0.2) is 11.6 Å². The predicted octanol–water partition coefficient (Wildman–Crippen LogP) is 20.4. The predicted molar refractivity (Wildman–Crippen MR) is 547 cm³/mol. The van der Waals surface area contributed by atoms with E-state index in [1.165, 1.54) is 0 Å². The summed E-state index contributed by atoms with van der Waals surface area (Å²) in [6.45, 7) is 1.93. The molecule has 5 aliphatic heterocycles. The number of carbonyl (C=O) groups is 14. The van der Waals surface area contributed by atoms with Crippen LogP contribution in [0.15, 0.2) is 274 Å². The number of aliphatic hydroxyl groups excluding tert-OH is 1. The number of aliphatic hydroxyl groups is 1. The largest absolute Gasteiger partial charge is 0.388 e. The van der Waals surface area contributed by atoms with Crippen molar-refractivity contribution in [2.75, 3.05) is 0 Å². The van der Waals surface area contributed by atoms with Crippen molar-refractivity contribution >= 4 is 190 Å². The fourth-order valence-corrected chi connectivity index (χ4v) is 26.2. The number of hydrogen-bond acceptors (Lipinski definition) is 15. The molecule has 0 saturated heterocycles. The molecule has 30 rings (SSSR count). The average molecular weight is 1910 g/mol. The lowest BCUT2D eigenvalue weighted by atomic mass is 9.82. The molecule has 0 amide bonds. The Hall–Kier alpha value is -17.1. The van der Waals surface area contributed by atoms with Crippen LogP contribution in [0.1, 0.15) is 232 Å². The number of nitrogens with zero attached hydrogens (tertiary/aromatic N) is 5. The summed E-state index contributed by atoms with van der Waals surface area (Å²) in [5.74, 6) is -5.28. The number of hydrogen-bond donors (Lipinski definition) is 6. The lowest BCUT2D eigenvalue weighted by Gasteiger charge is -2.20. The lowest BCUT2D eigenvalue weighted by Crippen LogP contribution is -2.16. The van der Waals surface area contributed by atoms with Crippen molar-refractivity contribution in [1.29, 1.82) is 0 Å². The molecule has 6 N–H and O–H groups in total. The van der Waals surface area contributed by atoms with E-state index in [-0.39, 0.29) is 113 Å². The van der Waals surface area contributed by atoms with Crippen LogP contribution in [0.25, 0.3) is 109 Å². The number of Topliss-reactive ketones (excluding diaryl/α,β-unsaturated/α-hetero) is 12. The van der Waals surface area contributed by atoms with Gasteiger partial charge in [-0.3, -0.25) is 76.3 Å². The fraction of sp³-hybridized carbons (Fsp3) is 0.217. The van der Waals surface area contributed by atoms with E-state index < -0.39 is 65.3 Å². The van der Waals surface area contributed by atoms with E-state index in [1.807, 2.05) is 262 Å². The van der Waals surface area contributed by atoms with Crippen LogP contribution in [-0.4, -0.2) is 134 Å². The minimum Gasteiger partial charge on any atom is -0.388 e. The van der Waals surface area contributed by atoms with Crippen LogP contribution in [0.5, 0.6) is 0 Å². The highest BCUT2D eigenvalue weighted by atomic mass is 16.3. The van der Waals surface area contributed by atoms with Gasteiger partial charge < -0.3 is 43.7 Å². The maximum atomic E-state index is 13.0. The van der Waals surface area contributed by atoms with Gasteiger partial charge in [-0.05, 0) is 128 Å². The summed E-state index contributed by atoms with van der Waals surface area (Å²) >= 11 is 0. The molecule has 15 heterocycles. The Bertz CT molecular complexity index is 8730. The third-order valence-electron chi connectivity index (χ3n) is 32.5. The summed E-state index contributed by atoms with van der Waals surface area (Å²) in [6.07, 6.45) is 22.2. The van der Waals surface area contributed by atoms with Crippen molar-refractivity contribution in [3.05, 3.63) is 358 Å². The second-order valence-corrected chi connectivity index (χ2v) is 40.2. The summed E-state index contributed by atoms with van der Waals surface area (Å²) < 4.78 is 9.65. The third kappa shape index (κ3) is 13.9. The molecule has 20 aromatic rings. The number of benzene rings is 10. The first-order valence-corrected chi connectivity index (χ1v) is 49.7. The SMILES string of the molecule is O=C1CC(=O)[C@@H](c2cn3c4c(cccc24)CCC3=O)[C@@H]1c1c[nH]c2ccccc12.O=C1CC(=O)[C@H](c2cn3c4c(cccc24)CCC3=O)[C@H]1c1c[nH]c2ccccc12.O=C1CC(=O)[C@H](c2cn3c4c(cccc24)[C@@H](O)CC3)[C@H]1c1c[nH]c2ccccc12.O=C1CCn2cc([C@@H]3C(=O)CC(=O)[C@H]3c3c[nH]c4ccccc34)c3cccc1c32.O=C1CCn2cc([C@H]3C(=O)CC(=O)[C@@H]3c3c[nH]c4ccccc34)c3cccc1c32. The number of nitrogens with one attached hydrogen (secondary N) is 5. The molecule has 10 aromatic carbocycles. The van der Waals surface area contributed by atoms with E-state index in [9.17, 15) is 72.2 Å². The zero-order valence-electron chi connectivity index (χ0n) is 78.3. The third-order valence-corrected chi connectivity index (χ3v) is 32.5. The maximum Gasteiger partial charge on any atom is 0.231 e. The van der Waals surface area contributed by atoms with Crippen LogP contribution in [0, 0.1) is 0 Å². The number of carbonyl (C=O) groups excluding carboxylic acids is 14. The summed E-state index contributed by atoms with van der Waals surface area (Å²) in [7, 11) is 0. The first kappa shape index (κ1) is 88.1. The number of ketones is 12. The highest BCUT2D eigenvalue weighted by molar-refractivity contribution is 6.22. The van der Waals surface area contributed by atoms with E-state index in [2.05, 4.69) is 38.6 Å². The zero-order chi connectivity index (χ0) is 98.5. The molecule has 5 fully saturated rings. The normalized spacial score (nSPS) is 22.1. The molecule has 10 aromatic heterocycles. The van der Waals surface area contributed by atoms with Crippen molar-refractivity contribution in [2.45, 2.75) is 162 Å². The fourth-order valence-electron chi connectivity index (χ4n) is 26.2. The molecule has 0 spiro atoms. The van der Waals surface area contributed by atoms with Crippen molar-refractivity contribution in [3.63, 3.8) is 0 Å². The number of rotatable bonds is 10. The van der Waals surface area contributed by atoms with E-state index in [4.69, 9.17) is 0 Å². The number of aryl methyl sites for hydroxylation is 5. The molecule has 145 heavy (non-hydrogen) atoms. The molecule has 5 saturated carbocycles. The molecule has 0 unspecified atom stereocenters. The molecule has 11 atom stereocenters. The van der Waals surface area contributed by atoms with Gasteiger partial charge in [-0.2, -0.15) is 0 Å². The van der Waals surface area contributed by atoms with Crippen LogP contribution < -0.4 is 0 Å². The topological polar surface area (TPSA) is 363 Å². The zero-order valence-corrected chi connectivity index (χ0v) is 78.3. The molecule has 5 aliphatic carbocycles. The van der Waals surface area contributed by atoms with Crippen LogP contribution in [0.4, 0.5) is 0 Å². The van der Waals surface area contributed by atoms with E-state index in [0.29, 0.717) is 75.7 Å². The Balaban J connectivity index is 0.0000000923. The van der Waals surface area contributed by atoms with Gasteiger partial charge in [0.2, 0.25) is 11.8 Å². The Morgan fingerprint density at radius 3 is 0.779 bits per heavy atom. The lowest BCUT2D eigenvalue weighted by molar-refractivity contribution is -0.123. The van der Waals surface area contributed by atoms with Gasteiger partial charge in [-0.25, -0.2) is 0 Å². The monoisotopic (exact) mass is 1910 g/mol.